The molecule has 34 heavy (non-hydrogen) atoms. The minimum absolute atomic E-state index is 0.0491. The lowest BCUT2D eigenvalue weighted by molar-refractivity contribution is -0.117. The zero-order valence-electron chi connectivity index (χ0n) is 19.8. The Labute approximate surface area is 205 Å². The number of nitrogens with zero attached hydrogens (tertiary/aromatic N) is 1. The van der Waals surface area contributed by atoms with Crippen molar-refractivity contribution in [1.29, 1.82) is 0 Å². The minimum Gasteiger partial charge on any atom is -0.504 e. The molecule has 2 amide bonds. The largest absolute Gasteiger partial charge is 0.504 e. The Hall–Kier alpha value is -2.97. The molecule has 0 heterocycles. The second-order valence-corrected chi connectivity index (χ2v) is 9.23. The molecule has 8 nitrogen and oxygen atoms in total. The number of anilines is 1. The first-order chi connectivity index (χ1) is 16.1. The smallest absolute Gasteiger partial charge is 0.410 e. The van der Waals surface area contributed by atoms with Crippen molar-refractivity contribution in [3.05, 3.63) is 47.5 Å². The SMILES string of the molecule is CC(C)(C)OC(=O)N(CCCCCCO)CC(=O)Nc1cc(Cl)ccc1Oc1ccccc1O. The van der Waals surface area contributed by atoms with E-state index in [0.717, 1.165) is 12.8 Å². The fourth-order valence-corrected chi connectivity index (χ4v) is 3.22. The molecule has 9 heteroatoms. The van der Waals surface area contributed by atoms with Crippen molar-refractivity contribution < 1.29 is 29.3 Å². The van der Waals surface area contributed by atoms with E-state index < -0.39 is 17.6 Å². The maximum Gasteiger partial charge on any atom is 0.410 e. The number of aliphatic hydroxyl groups excluding tert-OH is 1. The van der Waals surface area contributed by atoms with Crippen LogP contribution in [0.2, 0.25) is 5.02 Å². The number of phenolic OH excluding ortho intramolecular Hbond substituents is 1. The molecule has 0 radical (unpaired) electrons. The predicted molar refractivity (Wildman–Crippen MR) is 132 cm³/mol. The molecule has 0 aliphatic rings. The van der Waals surface area contributed by atoms with Gasteiger partial charge in [-0.15, -0.1) is 0 Å². The summed E-state index contributed by atoms with van der Waals surface area (Å²) in [6.07, 6.45) is 2.43. The van der Waals surface area contributed by atoms with E-state index in [1.54, 1.807) is 51.1 Å². The Bertz CT molecular complexity index is 961. The van der Waals surface area contributed by atoms with Crippen molar-refractivity contribution in [3.8, 4) is 17.2 Å². The number of benzene rings is 2. The summed E-state index contributed by atoms with van der Waals surface area (Å²) in [6, 6.07) is 11.2. The van der Waals surface area contributed by atoms with Crippen LogP contribution >= 0.6 is 11.6 Å². The Kier molecular flexibility index (Phi) is 10.5. The summed E-state index contributed by atoms with van der Waals surface area (Å²) in [5.41, 5.74) is -0.401. The fourth-order valence-electron chi connectivity index (χ4n) is 3.04. The number of aliphatic hydroxyl groups is 1. The van der Waals surface area contributed by atoms with E-state index in [0.29, 0.717) is 30.1 Å². The van der Waals surface area contributed by atoms with E-state index in [9.17, 15) is 14.7 Å². The van der Waals surface area contributed by atoms with Gasteiger partial charge in [0.25, 0.3) is 0 Å². The van der Waals surface area contributed by atoms with Gasteiger partial charge in [-0.3, -0.25) is 9.69 Å². The van der Waals surface area contributed by atoms with Gasteiger partial charge in [-0.25, -0.2) is 4.79 Å². The average molecular weight is 493 g/mol. The number of halogens is 1. The van der Waals surface area contributed by atoms with Crippen molar-refractivity contribution in [2.45, 2.75) is 52.1 Å². The summed E-state index contributed by atoms with van der Waals surface area (Å²) >= 11 is 6.11. The number of hydrogen-bond acceptors (Lipinski definition) is 6. The van der Waals surface area contributed by atoms with E-state index in [2.05, 4.69) is 5.32 Å². The number of unbranched alkanes of at least 4 members (excludes halogenated alkanes) is 3. The van der Waals surface area contributed by atoms with Gasteiger partial charge in [0.1, 0.15) is 12.1 Å². The second kappa shape index (κ2) is 13.1. The number of aromatic hydroxyl groups is 1. The summed E-state index contributed by atoms with van der Waals surface area (Å²) < 4.78 is 11.2. The third-order valence-corrected chi connectivity index (χ3v) is 4.86. The zero-order valence-corrected chi connectivity index (χ0v) is 20.6. The van der Waals surface area contributed by atoms with Crippen LogP contribution in [-0.4, -0.2) is 52.4 Å². The fraction of sp³-hybridized carbons (Fsp3) is 0.440. The topological polar surface area (TPSA) is 108 Å². The van der Waals surface area contributed by atoms with Gasteiger partial charge in [-0.2, -0.15) is 0 Å². The minimum atomic E-state index is -0.700. The summed E-state index contributed by atoms with van der Waals surface area (Å²) in [5.74, 6) is 0.00305. The molecule has 0 spiro atoms. The van der Waals surface area contributed by atoms with Crippen LogP contribution in [0.1, 0.15) is 46.5 Å². The number of para-hydroxylation sites is 2. The van der Waals surface area contributed by atoms with Crippen LogP contribution in [0.4, 0.5) is 10.5 Å². The molecule has 2 aromatic carbocycles. The van der Waals surface area contributed by atoms with Crippen molar-refractivity contribution in [3.63, 3.8) is 0 Å². The monoisotopic (exact) mass is 492 g/mol. The van der Waals surface area contributed by atoms with Crippen LogP contribution in [0.5, 0.6) is 17.2 Å². The van der Waals surface area contributed by atoms with Crippen LogP contribution in [0, 0.1) is 0 Å². The van der Waals surface area contributed by atoms with Gasteiger partial charge in [-0.1, -0.05) is 36.6 Å². The van der Waals surface area contributed by atoms with Crippen molar-refractivity contribution in [1.82, 2.24) is 4.90 Å². The Morgan fingerprint density at radius 2 is 1.74 bits per heavy atom. The molecule has 0 saturated heterocycles. The molecular formula is C25H33ClN2O6. The van der Waals surface area contributed by atoms with Crippen LogP contribution < -0.4 is 10.1 Å². The van der Waals surface area contributed by atoms with Crippen LogP contribution in [0.15, 0.2) is 42.5 Å². The first kappa shape index (κ1) is 27.3. The highest BCUT2D eigenvalue weighted by Crippen LogP contribution is 2.35. The number of carbonyl (C=O) groups excluding carboxylic acids is 2. The van der Waals surface area contributed by atoms with E-state index in [1.165, 1.54) is 17.0 Å². The van der Waals surface area contributed by atoms with E-state index >= 15 is 0 Å². The first-order valence-electron chi connectivity index (χ1n) is 11.2. The second-order valence-electron chi connectivity index (χ2n) is 8.80. The maximum absolute atomic E-state index is 12.9. The lowest BCUT2D eigenvalue weighted by Crippen LogP contribution is -2.41. The lowest BCUT2D eigenvalue weighted by atomic mass is 10.2. The standard InChI is InChI=1S/C25H33ClN2O6/c1-25(2,3)34-24(32)28(14-8-4-5-9-15-29)17-23(31)27-19-16-18(26)12-13-21(19)33-22-11-7-6-10-20(22)30/h6-7,10-13,16,29-30H,4-5,8-9,14-15,17H2,1-3H3,(H,27,31). The number of nitrogens with one attached hydrogen (secondary N) is 1. The summed E-state index contributed by atoms with van der Waals surface area (Å²) in [7, 11) is 0. The number of rotatable bonds is 11. The Balaban J connectivity index is 2.11. The van der Waals surface area contributed by atoms with Gasteiger partial charge in [0.15, 0.2) is 17.2 Å². The molecule has 2 aromatic rings. The summed E-state index contributed by atoms with van der Waals surface area (Å²) in [6.45, 7) is 5.53. The molecule has 0 unspecified atom stereocenters. The molecule has 0 aromatic heterocycles. The van der Waals surface area contributed by atoms with E-state index in [4.69, 9.17) is 26.2 Å². The zero-order chi connectivity index (χ0) is 25.1. The predicted octanol–water partition coefficient (Wildman–Crippen LogP) is 5.57. The average Bonchev–Trinajstić information content (AvgIpc) is 2.75. The number of phenols is 1. The molecule has 0 bridgehead atoms. The van der Waals surface area contributed by atoms with Crippen molar-refractivity contribution >= 4 is 29.3 Å². The lowest BCUT2D eigenvalue weighted by Gasteiger charge is -2.27. The van der Waals surface area contributed by atoms with Crippen molar-refractivity contribution in [2.24, 2.45) is 0 Å². The molecule has 186 valence electrons. The highest BCUT2D eigenvalue weighted by molar-refractivity contribution is 6.31. The van der Waals surface area contributed by atoms with Gasteiger partial charge in [0.05, 0.1) is 5.69 Å². The Morgan fingerprint density at radius 1 is 1.03 bits per heavy atom. The first-order valence-corrected chi connectivity index (χ1v) is 11.6. The van der Waals surface area contributed by atoms with Gasteiger partial charge >= 0.3 is 6.09 Å². The molecule has 3 N–H and O–H groups in total. The quantitative estimate of drug-likeness (QED) is 0.354. The normalized spacial score (nSPS) is 11.1. The molecule has 0 atom stereocenters. The third-order valence-electron chi connectivity index (χ3n) is 4.62. The molecular weight excluding hydrogens is 460 g/mol. The molecule has 0 saturated carbocycles. The summed E-state index contributed by atoms with van der Waals surface area (Å²) in [5, 5.41) is 22.0. The molecule has 2 rings (SSSR count). The number of amides is 2. The van der Waals surface area contributed by atoms with Gasteiger partial charge in [0, 0.05) is 18.2 Å². The molecule has 0 aliphatic heterocycles. The van der Waals surface area contributed by atoms with Crippen LogP contribution in [0.25, 0.3) is 0 Å². The van der Waals surface area contributed by atoms with Crippen LogP contribution in [0.3, 0.4) is 0 Å². The molecule has 0 aliphatic carbocycles. The number of ether oxygens (including phenoxy) is 2. The number of hydrogen-bond donors (Lipinski definition) is 3. The third kappa shape index (κ3) is 9.49. The Morgan fingerprint density at radius 3 is 2.41 bits per heavy atom. The van der Waals surface area contributed by atoms with Gasteiger partial charge in [-0.05, 0) is 63.9 Å². The highest BCUT2D eigenvalue weighted by atomic mass is 35.5. The maximum atomic E-state index is 12.9. The summed E-state index contributed by atoms with van der Waals surface area (Å²) in [4.78, 5) is 26.9. The number of carbonyl (C=O) groups is 2. The van der Waals surface area contributed by atoms with E-state index in [1.807, 2.05) is 0 Å². The highest BCUT2D eigenvalue weighted by Gasteiger charge is 2.24. The van der Waals surface area contributed by atoms with Gasteiger partial charge < -0.3 is 25.0 Å². The van der Waals surface area contributed by atoms with Crippen molar-refractivity contribution in [2.75, 3.05) is 25.0 Å². The van der Waals surface area contributed by atoms with Crippen LogP contribution in [-0.2, 0) is 9.53 Å². The molecule has 0 fully saturated rings. The van der Waals surface area contributed by atoms with Gasteiger partial charge in [0.2, 0.25) is 5.91 Å². The van der Waals surface area contributed by atoms with E-state index in [-0.39, 0.29) is 30.4 Å².